The number of alkyl halides is 2. The van der Waals surface area contributed by atoms with Crippen LogP contribution in [0.4, 0.5) is 13.6 Å². The van der Waals surface area contributed by atoms with Crippen LogP contribution >= 0.6 is 0 Å². The molecule has 8 nitrogen and oxygen atoms in total. The summed E-state index contributed by atoms with van der Waals surface area (Å²) in [5, 5.41) is 6.77. The summed E-state index contributed by atoms with van der Waals surface area (Å²) < 4.78 is 36.8. The van der Waals surface area contributed by atoms with Crippen molar-refractivity contribution < 1.29 is 23.1 Å². The highest BCUT2D eigenvalue weighted by Crippen LogP contribution is 2.56. The first-order valence-corrected chi connectivity index (χ1v) is 9.05. The number of hydrogen-bond donors (Lipinski definition) is 2. The molecular formula is C17H23F2N5O3. The number of nitrogens with one attached hydrogen (secondary N) is 1. The molecule has 3 N–H and O–H groups in total. The number of primary amides is 1. The predicted octanol–water partition coefficient (Wildman–Crippen LogP) is 1.24. The highest BCUT2D eigenvalue weighted by Gasteiger charge is 2.66. The van der Waals surface area contributed by atoms with Gasteiger partial charge in [0.1, 0.15) is 5.54 Å². The molecule has 1 aromatic rings. The zero-order valence-corrected chi connectivity index (χ0v) is 15.1. The Bertz CT molecular complexity index is 786. The molecule has 3 fully saturated rings. The summed E-state index contributed by atoms with van der Waals surface area (Å²) in [5.41, 5.74) is 3.67. The Labute approximate surface area is 155 Å². The summed E-state index contributed by atoms with van der Waals surface area (Å²) in [4.78, 5) is 25.7. The molecule has 5 rings (SSSR count). The monoisotopic (exact) mass is 383 g/mol. The normalized spacial score (nSPS) is 31.4. The van der Waals surface area contributed by atoms with Gasteiger partial charge in [-0.15, -0.1) is 0 Å². The molecule has 3 aliphatic carbocycles. The Morgan fingerprint density at radius 2 is 1.96 bits per heavy atom. The van der Waals surface area contributed by atoms with Gasteiger partial charge < -0.3 is 20.7 Å². The maximum Gasteiger partial charge on any atom is 0.315 e. The maximum absolute atomic E-state index is 14.9. The van der Waals surface area contributed by atoms with Crippen molar-refractivity contribution in [3.05, 3.63) is 17.5 Å². The number of fused-ring (bicyclic) bond motifs is 4. The van der Waals surface area contributed by atoms with Crippen molar-refractivity contribution in [3.63, 3.8) is 0 Å². The van der Waals surface area contributed by atoms with Gasteiger partial charge in [0.25, 0.3) is 11.8 Å². The molecule has 3 saturated carbocycles. The van der Waals surface area contributed by atoms with Gasteiger partial charge in [-0.05, 0) is 25.7 Å². The molecule has 10 heteroatoms. The SMILES string of the molecule is COC12CCC(NC(=O)c3cnn4c3CN(C(N)=O)CC4)(CC1)C(F)(F)C2. The summed E-state index contributed by atoms with van der Waals surface area (Å²) in [6, 6.07) is -0.589. The molecule has 2 bridgehead atoms. The van der Waals surface area contributed by atoms with Crippen LogP contribution in [-0.4, -0.2) is 57.3 Å². The van der Waals surface area contributed by atoms with Gasteiger partial charge in [0.15, 0.2) is 0 Å². The Morgan fingerprint density at radius 3 is 2.56 bits per heavy atom. The molecule has 2 heterocycles. The largest absolute Gasteiger partial charge is 0.378 e. The number of rotatable bonds is 3. The summed E-state index contributed by atoms with van der Waals surface area (Å²) in [5.74, 6) is -3.64. The van der Waals surface area contributed by atoms with Crippen molar-refractivity contribution in [2.24, 2.45) is 5.73 Å². The van der Waals surface area contributed by atoms with Gasteiger partial charge in [0.2, 0.25) is 0 Å². The Kier molecular flexibility index (Phi) is 3.95. The Hall–Kier alpha value is -2.23. The third-order valence-corrected chi connectivity index (χ3v) is 6.47. The fourth-order valence-electron chi connectivity index (χ4n) is 4.65. The number of carbonyl (C=O) groups is 2. The third kappa shape index (κ3) is 2.69. The van der Waals surface area contributed by atoms with Crippen molar-refractivity contribution in [3.8, 4) is 0 Å². The van der Waals surface area contributed by atoms with Gasteiger partial charge in [0, 0.05) is 20.1 Å². The number of nitrogens with two attached hydrogens (primary N) is 1. The van der Waals surface area contributed by atoms with Crippen LogP contribution in [0, 0.1) is 0 Å². The zero-order valence-electron chi connectivity index (χ0n) is 15.1. The molecule has 4 aliphatic rings. The maximum atomic E-state index is 14.9. The molecule has 0 unspecified atom stereocenters. The van der Waals surface area contributed by atoms with E-state index in [2.05, 4.69) is 10.4 Å². The van der Waals surface area contributed by atoms with E-state index in [-0.39, 0.29) is 24.9 Å². The number of halogens is 2. The number of nitrogens with zero attached hydrogens (tertiary/aromatic N) is 3. The van der Waals surface area contributed by atoms with Crippen molar-refractivity contribution in [2.75, 3.05) is 13.7 Å². The quantitative estimate of drug-likeness (QED) is 0.820. The average Bonchev–Trinajstić information content (AvgIpc) is 3.06. The molecule has 0 atom stereocenters. The van der Waals surface area contributed by atoms with Crippen LogP contribution in [0.5, 0.6) is 0 Å². The predicted molar refractivity (Wildman–Crippen MR) is 90.2 cm³/mol. The van der Waals surface area contributed by atoms with Gasteiger partial charge in [-0.3, -0.25) is 9.48 Å². The second-order valence-corrected chi connectivity index (χ2v) is 7.79. The summed E-state index contributed by atoms with van der Waals surface area (Å²) in [6.45, 7) is 0.934. The number of methoxy groups -OCH3 is 1. The van der Waals surface area contributed by atoms with Crippen molar-refractivity contribution in [1.29, 1.82) is 0 Å². The molecular weight excluding hydrogens is 360 g/mol. The molecule has 0 radical (unpaired) electrons. The number of hydrogen-bond acceptors (Lipinski definition) is 4. The smallest absolute Gasteiger partial charge is 0.315 e. The van der Waals surface area contributed by atoms with Gasteiger partial charge >= 0.3 is 6.03 Å². The van der Waals surface area contributed by atoms with Crippen LogP contribution in [0.2, 0.25) is 0 Å². The molecule has 0 aromatic carbocycles. The van der Waals surface area contributed by atoms with Crippen LogP contribution in [0.3, 0.4) is 0 Å². The fourth-order valence-corrected chi connectivity index (χ4v) is 4.65. The number of urea groups is 1. The first kappa shape index (κ1) is 18.1. The molecule has 0 spiro atoms. The van der Waals surface area contributed by atoms with Gasteiger partial charge in [-0.2, -0.15) is 5.10 Å². The highest BCUT2D eigenvalue weighted by atomic mass is 19.3. The summed E-state index contributed by atoms with van der Waals surface area (Å²) in [7, 11) is 1.47. The first-order valence-electron chi connectivity index (χ1n) is 9.05. The molecule has 0 saturated heterocycles. The van der Waals surface area contributed by atoms with Gasteiger partial charge in [0.05, 0.1) is 36.1 Å². The number of ether oxygens (including phenoxy) is 1. The van der Waals surface area contributed by atoms with Gasteiger partial charge in [-0.25, -0.2) is 13.6 Å². The average molecular weight is 383 g/mol. The van der Waals surface area contributed by atoms with Crippen molar-refractivity contribution in [2.45, 2.75) is 62.3 Å². The van der Waals surface area contributed by atoms with E-state index in [1.165, 1.54) is 18.2 Å². The third-order valence-electron chi connectivity index (χ3n) is 6.47. The summed E-state index contributed by atoms with van der Waals surface area (Å²) >= 11 is 0. The van der Waals surface area contributed by atoms with Crippen LogP contribution in [0.1, 0.15) is 48.2 Å². The van der Waals surface area contributed by atoms with E-state index in [0.717, 1.165) is 0 Å². The van der Waals surface area contributed by atoms with E-state index in [0.29, 0.717) is 31.6 Å². The lowest BCUT2D eigenvalue weighted by molar-refractivity contribution is -0.222. The van der Waals surface area contributed by atoms with Gasteiger partial charge in [-0.1, -0.05) is 0 Å². The van der Waals surface area contributed by atoms with E-state index in [1.807, 2.05) is 0 Å². The first-order chi connectivity index (χ1) is 12.7. The van der Waals surface area contributed by atoms with Crippen LogP contribution in [0.25, 0.3) is 0 Å². The number of aromatic nitrogens is 2. The lowest BCUT2D eigenvalue weighted by Crippen LogP contribution is -2.70. The molecule has 3 amide bonds. The van der Waals surface area contributed by atoms with Crippen molar-refractivity contribution >= 4 is 11.9 Å². The zero-order chi connectivity index (χ0) is 19.4. The molecule has 148 valence electrons. The van der Waals surface area contributed by atoms with Crippen LogP contribution in [-0.2, 0) is 17.8 Å². The minimum Gasteiger partial charge on any atom is -0.378 e. The molecule has 1 aromatic heterocycles. The molecule has 1 aliphatic heterocycles. The number of carbonyl (C=O) groups excluding carboxylic acids is 2. The van der Waals surface area contributed by atoms with E-state index in [1.54, 1.807) is 4.68 Å². The van der Waals surface area contributed by atoms with Crippen LogP contribution < -0.4 is 11.1 Å². The van der Waals surface area contributed by atoms with E-state index >= 15 is 0 Å². The Balaban J connectivity index is 1.57. The summed E-state index contributed by atoms with van der Waals surface area (Å²) in [6.07, 6.45) is 2.28. The minimum absolute atomic E-state index is 0.133. The van der Waals surface area contributed by atoms with E-state index < -0.39 is 35.4 Å². The minimum atomic E-state index is -3.05. The second-order valence-electron chi connectivity index (χ2n) is 7.79. The topological polar surface area (TPSA) is 102 Å². The lowest BCUT2D eigenvalue weighted by atomic mass is 9.60. The number of amides is 3. The fraction of sp³-hybridized carbons (Fsp3) is 0.706. The van der Waals surface area contributed by atoms with Crippen LogP contribution in [0.15, 0.2) is 6.20 Å². The second kappa shape index (κ2) is 5.88. The molecule has 27 heavy (non-hydrogen) atoms. The highest BCUT2D eigenvalue weighted by molar-refractivity contribution is 5.96. The van der Waals surface area contributed by atoms with Crippen molar-refractivity contribution in [1.82, 2.24) is 20.0 Å². The standard InChI is InChI=1S/C17H23F2N5O3/c1-27-15-2-4-16(5-3-15,17(18,19)10-15)22-13(25)11-8-21-24-7-6-23(14(20)26)9-12(11)24/h8H,2-7,9-10H2,1H3,(H2,20,26)(H,22,25). The van der Waals surface area contributed by atoms with E-state index in [4.69, 9.17) is 10.5 Å². The Morgan fingerprint density at radius 1 is 1.26 bits per heavy atom. The lowest BCUT2D eigenvalue weighted by Gasteiger charge is -2.56. The van der Waals surface area contributed by atoms with E-state index in [9.17, 15) is 18.4 Å².